The number of aliphatic carboxylic acids is 1. The van der Waals surface area contributed by atoms with E-state index >= 15 is 0 Å². The van der Waals surface area contributed by atoms with Gasteiger partial charge in [0.1, 0.15) is 6.04 Å². The van der Waals surface area contributed by atoms with Crippen molar-refractivity contribution in [2.24, 2.45) is 5.92 Å². The molecule has 0 fully saturated rings. The zero-order chi connectivity index (χ0) is 19.9. The summed E-state index contributed by atoms with van der Waals surface area (Å²) in [5.41, 5.74) is 0. The van der Waals surface area contributed by atoms with E-state index in [1.54, 1.807) is 0 Å². The van der Waals surface area contributed by atoms with Crippen LogP contribution in [0.1, 0.15) is 26.7 Å². The molecule has 1 aromatic rings. The zero-order valence-electron chi connectivity index (χ0n) is 15.3. The summed E-state index contributed by atoms with van der Waals surface area (Å²) in [6.45, 7) is 3.67. The Bertz CT molecular complexity index is 743. The van der Waals surface area contributed by atoms with E-state index in [1.807, 2.05) is 13.8 Å². The molecule has 2 N–H and O–H groups in total. The van der Waals surface area contributed by atoms with Crippen LogP contribution in [0.15, 0.2) is 23.1 Å². The molecule has 0 aliphatic rings. The highest BCUT2D eigenvalue weighted by Crippen LogP contribution is 2.29. The molecule has 0 radical (unpaired) electrons. The molecule has 0 bridgehead atoms. The second-order valence-corrected chi connectivity index (χ2v) is 8.28. The van der Waals surface area contributed by atoms with Crippen LogP contribution in [0, 0.1) is 5.92 Å². The van der Waals surface area contributed by atoms with E-state index in [0.29, 0.717) is 5.75 Å². The summed E-state index contributed by atoms with van der Waals surface area (Å²) in [7, 11) is -0.908. The predicted octanol–water partition coefficient (Wildman–Crippen LogP) is 1.48. The highest BCUT2D eigenvalue weighted by Gasteiger charge is 2.23. The van der Waals surface area contributed by atoms with Gasteiger partial charge in [0.25, 0.3) is 0 Å². The molecule has 0 aromatic heterocycles. The highest BCUT2D eigenvalue weighted by molar-refractivity contribution is 7.91. The molecule has 0 saturated heterocycles. The van der Waals surface area contributed by atoms with E-state index in [0.717, 1.165) is 0 Å². The third kappa shape index (κ3) is 6.21. The SMILES string of the molecule is COc1ccc(S(=O)(=O)CCC(=O)N[C@@H](CC(C)C)C(=O)O)cc1OC. The Balaban J connectivity index is 2.78. The van der Waals surface area contributed by atoms with Crippen LogP contribution in [0.5, 0.6) is 11.5 Å². The average Bonchev–Trinajstić information content (AvgIpc) is 2.58. The Morgan fingerprint density at radius 2 is 1.77 bits per heavy atom. The van der Waals surface area contributed by atoms with E-state index in [4.69, 9.17) is 14.6 Å². The highest BCUT2D eigenvalue weighted by atomic mass is 32.2. The lowest BCUT2D eigenvalue weighted by atomic mass is 10.0. The first-order valence-corrected chi connectivity index (χ1v) is 9.73. The van der Waals surface area contributed by atoms with Gasteiger partial charge in [-0.2, -0.15) is 0 Å². The first-order valence-electron chi connectivity index (χ1n) is 8.07. The summed E-state index contributed by atoms with van der Waals surface area (Å²) in [6.07, 6.45) is -0.0674. The van der Waals surface area contributed by atoms with Gasteiger partial charge in [0.2, 0.25) is 5.91 Å². The Kier molecular flexibility index (Phi) is 7.88. The average molecular weight is 387 g/mol. The number of carbonyl (C=O) groups is 2. The largest absolute Gasteiger partial charge is 0.493 e. The third-order valence-electron chi connectivity index (χ3n) is 3.65. The van der Waals surface area contributed by atoms with Gasteiger partial charge in [0.15, 0.2) is 21.3 Å². The monoisotopic (exact) mass is 387 g/mol. The van der Waals surface area contributed by atoms with Crippen molar-refractivity contribution in [1.29, 1.82) is 0 Å². The fraction of sp³-hybridized carbons (Fsp3) is 0.529. The van der Waals surface area contributed by atoms with Crippen LogP contribution in [0.4, 0.5) is 0 Å². The fourth-order valence-electron chi connectivity index (χ4n) is 2.31. The molecule has 0 unspecified atom stereocenters. The van der Waals surface area contributed by atoms with E-state index in [-0.39, 0.29) is 29.4 Å². The van der Waals surface area contributed by atoms with Crippen LogP contribution in [-0.2, 0) is 19.4 Å². The molecule has 0 saturated carbocycles. The number of carboxylic acid groups (broad SMARTS) is 1. The molecular weight excluding hydrogens is 362 g/mol. The number of amides is 1. The standard InChI is InChI=1S/C17H25NO7S/c1-11(2)9-13(17(20)21)18-16(19)7-8-26(22,23)12-5-6-14(24-3)15(10-12)25-4/h5-6,10-11,13H,7-9H2,1-4H3,(H,18,19)(H,20,21)/t13-/m0/s1. The second-order valence-electron chi connectivity index (χ2n) is 6.17. The number of sulfone groups is 1. The maximum absolute atomic E-state index is 12.4. The first kappa shape index (κ1) is 21.8. The van der Waals surface area contributed by atoms with E-state index in [2.05, 4.69) is 5.32 Å². The molecule has 1 rings (SSSR count). The summed E-state index contributed by atoms with van der Waals surface area (Å²) < 4.78 is 35.0. The third-order valence-corrected chi connectivity index (χ3v) is 5.37. The number of hydrogen-bond donors (Lipinski definition) is 2. The zero-order valence-corrected chi connectivity index (χ0v) is 16.1. The predicted molar refractivity (Wildman–Crippen MR) is 95.2 cm³/mol. The summed E-state index contributed by atoms with van der Waals surface area (Å²) >= 11 is 0. The van der Waals surface area contributed by atoms with Crippen LogP contribution >= 0.6 is 0 Å². The normalized spacial score (nSPS) is 12.5. The Hall–Kier alpha value is -2.29. The molecule has 0 aliphatic heterocycles. The lowest BCUT2D eigenvalue weighted by Gasteiger charge is -2.16. The number of methoxy groups -OCH3 is 2. The van der Waals surface area contributed by atoms with Crippen molar-refractivity contribution in [3.63, 3.8) is 0 Å². The van der Waals surface area contributed by atoms with Crippen molar-refractivity contribution in [3.8, 4) is 11.5 Å². The van der Waals surface area contributed by atoms with Gasteiger partial charge in [-0.15, -0.1) is 0 Å². The molecule has 26 heavy (non-hydrogen) atoms. The summed E-state index contributed by atoms with van der Waals surface area (Å²) in [6, 6.07) is 3.12. The quantitative estimate of drug-likeness (QED) is 0.624. The molecule has 1 amide bonds. The molecule has 1 atom stereocenters. The first-order chi connectivity index (χ1) is 12.1. The number of benzene rings is 1. The van der Waals surface area contributed by atoms with Gasteiger partial charge in [-0.1, -0.05) is 13.8 Å². The topological polar surface area (TPSA) is 119 Å². The lowest BCUT2D eigenvalue weighted by molar-refractivity contribution is -0.142. The summed E-state index contributed by atoms with van der Waals surface area (Å²) in [5.74, 6) is -1.48. The van der Waals surface area contributed by atoms with Gasteiger partial charge in [-0.05, 0) is 24.5 Å². The Morgan fingerprint density at radius 3 is 2.27 bits per heavy atom. The van der Waals surface area contributed by atoms with Crippen molar-refractivity contribution in [3.05, 3.63) is 18.2 Å². The van der Waals surface area contributed by atoms with Gasteiger partial charge in [-0.3, -0.25) is 4.79 Å². The van der Waals surface area contributed by atoms with Gasteiger partial charge in [0, 0.05) is 12.5 Å². The smallest absolute Gasteiger partial charge is 0.326 e. The van der Waals surface area contributed by atoms with Gasteiger partial charge in [0.05, 0.1) is 24.9 Å². The Morgan fingerprint density at radius 1 is 1.15 bits per heavy atom. The van der Waals surface area contributed by atoms with Crippen LogP contribution in [0.2, 0.25) is 0 Å². The molecule has 1 aromatic carbocycles. The minimum absolute atomic E-state index is 0.0000787. The number of carboxylic acids is 1. The van der Waals surface area contributed by atoms with Crippen LogP contribution in [0.3, 0.4) is 0 Å². The minimum Gasteiger partial charge on any atom is -0.493 e. The van der Waals surface area contributed by atoms with Crippen LogP contribution < -0.4 is 14.8 Å². The molecule has 0 spiro atoms. The molecule has 146 valence electrons. The van der Waals surface area contributed by atoms with Gasteiger partial charge in [-0.25, -0.2) is 13.2 Å². The second kappa shape index (κ2) is 9.42. The van der Waals surface area contributed by atoms with Crippen molar-refractivity contribution in [2.75, 3.05) is 20.0 Å². The number of nitrogens with one attached hydrogen (secondary N) is 1. The van der Waals surface area contributed by atoms with Crippen LogP contribution in [-0.4, -0.2) is 51.4 Å². The molecular formula is C17H25NO7S. The van der Waals surface area contributed by atoms with E-state index in [9.17, 15) is 18.0 Å². The van der Waals surface area contributed by atoms with Crippen molar-refractivity contribution in [1.82, 2.24) is 5.32 Å². The number of carbonyl (C=O) groups excluding carboxylic acids is 1. The Labute approximate surface area is 153 Å². The molecule has 9 heteroatoms. The molecule has 8 nitrogen and oxygen atoms in total. The number of rotatable bonds is 10. The molecule has 0 heterocycles. The van der Waals surface area contributed by atoms with E-state index in [1.165, 1.54) is 32.4 Å². The fourth-order valence-corrected chi connectivity index (χ4v) is 3.57. The number of hydrogen-bond acceptors (Lipinski definition) is 6. The van der Waals surface area contributed by atoms with Crippen molar-refractivity contribution < 1.29 is 32.6 Å². The van der Waals surface area contributed by atoms with Crippen LogP contribution in [0.25, 0.3) is 0 Å². The minimum atomic E-state index is -3.74. The maximum Gasteiger partial charge on any atom is 0.326 e. The number of ether oxygens (including phenoxy) is 2. The molecule has 0 aliphatic carbocycles. The van der Waals surface area contributed by atoms with E-state index < -0.39 is 33.5 Å². The maximum atomic E-state index is 12.4. The van der Waals surface area contributed by atoms with Gasteiger partial charge >= 0.3 is 5.97 Å². The van der Waals surface area contributed by atoms with Crippen molar-refractivity contribution >= 4 is 21.7 Å². The lowest BCUT2D eigenvalue weighted by Crippen LogP contribution is -2.42. The van der Waals surface area contributed by atoms with Gasteiger partial charge < -0.3 is 19.9 Å². The summed E-state index contributed by atoms with van der Waals surface area (Å²) in [4.78, 5) is 23.1. The summed E-state index contributed by atoms with van der Waals surface area (Å²) in [5, 5.41) is 11.5. The van der Waals surface area contributed by atoms with Crippen molar-refractivity contribution in [2.45, 2.75) is 37.6 Å².